The van der Waals surface area contributed by atoms with E-state index in [9.17, 15) is 4.79 Å². The largest absolute Gasteiger partial charge is 0.465 e. The van der Waals surface area contributed by atoms with Crippen LogP contribution in [-0.4, -0.2) is 20.4 Å². The Morgan fingerprint density at radius 3 is 2.27 bits per heavy atom. The van der Waals surface area contributed by atoms with E-state index in [-0.39, 0.29) is 17.2 Å². The third-order valence-corrected chi connectivity index (χ3v) is 1.12. The molecule has 0 saturated heterocycles. The van der Waals surface area contributed by atoms with E-state index in [1.165, 1.54) is 0 Å². The van der Waals surface area contributed by atoms with E-state index in [4.69, 9.17) is 4.74 Å². The minimum absolute atomic E-state index is 0.0163. The molecule has 0 radical (unpaired) electrons. The fraction of sp³-hybridized carbons (Fsp3) is 0.875. The zero-order chi connectivity index (χ0) is 9.07. The van der Waals surface area contributed by atoms with Gasteiger partial charge in [0.2, 0.25) is 0 Å². The van der Waals surface area contributed by atoms with Crippen molar-refractivity contribution in [3.63, 3.8) is 0 Å². The number of esters is 1. The van der Waals surface area contributed by atoms with Crippen LogP contribution >= 0.6 is 0 Å². The second-order valence-corrected chi connectivity index (χ2v) is 4.32. The first kappa shape index (κ1) is 10.5. The lowest BCUT2D eigenvalue weighted by atomic mass is 9.90. The summed E-state index contributed by atoms with van der Waals surface area (Å²) in [6, 6.07) is 0. The predicted molar refractivity (Wildman–Crippen MR) is 48.4 cm³/mol. The van der Waals surface area contributed by atoms with Crippen LogP contribution in [-0.2, 0) is 9.53 Å². The maximum atomic E-state index is 11.0. The molecule has 0 heterocycles. The highest BCUT2D eigenvalue weighted by Crippen LogP contribution is 2.14. The third kappa shape index (κ3) is 5.95. The molecule has 3 heteroatoms. The molecule has 1 atom stereocenters. The number of hydrogen-bond donors (Lipinski definition) is 0. The van der Waals surface area contributed by atoms with Crippen molar-refractivity contribution in [2.45, 2.75) is 33.5 Å². The Bertz CT molecular complexity index is 136. The Hall–Kier alpha value is -0.465. The summed E-state index contributed by atoms with van der Waals surface area (Å²) in [5.41, 5.74) is 0.0740. The van der Waals surface area contributed by atoms with Crippen molar-refractivity contribution < 1.29 is 9.53 Å². The van der Waals surface area contributed by atoms with Gasteiger partial charge in [0.25, 0.3) is 0 Å². The summed E-state index contributed by atoms with van der Waals surface area (Å²) in [6.07, 6.45) is 0. The van der Waals surface area contributed by atoms with Crippen LogP contribution in [0, 0.1) is 5.41 Å². The molecule has 0 spiro atoms. The van der Waals surface area contributed by atoms with E-state index in [2.05, 4.69) is 0 Å². The maximum absolute atomic E-state index is 11.0. The van der Waals surface area contributed by atoms with Gasteiger partial charge in [-0.05, 0) is 5.41 Å². The molecule has 0 aliphatic carbocycles. The number of carbonyl (C=O) groups is 1. The van der Waals surface area contributed by atoms with Crippen LogP contribution in [0.3, 0.4) is 0 Å². The van der Waals surface area contributed by atoms with Crippen molar-refractivity contribution in [1.29, 1.82) is 0 Å². The zero-order valence-corrected chi connectivity index (χ0v) is 8.10. The molecule has 0 unspecified atom stereocenters. The Morgan fingerprint density at radius 2 is 2.00 bits per heavy atom. The first-order chi connectivity index (χ1) is 4.83. The average molecular weight is 156 g/mol. The van der Waals surface area contributed by atoms with Gasteiger partial charge in [-0.3, -0.25) is 4.79 Å². The van der Waals surface area contributed by atoms with Gasteiger partial charge >= 0.3 is 5.97 Å². The molecule has 64 valence electrons. The van der Waals surface area contributed by atoms with E-state index in [1.807, 2.05) is 35.5 Å². The van der Waals surface area contributed by atoms with Gasteiger partial charge in [0.15, 0.2) is 0 Å². The van der Waals surface area contributed by atoms with Crippen LogP contribution in [0.15, 0.2) is 0 Å². The molecule has 0 bridgehead atoms. The minimum Gasteiger partial charge on any atom is -0.465 e. The van der Waals surface area contributed by atoms with Crippen LogP contribution in [0.2, 0.25) is 5.82 Å². The van der Waals surface area contributed by atoms with Gasteiger partial charge in [-0.15, -0.1) is 0 Å². The van der Waals surface area contributed by atoms with Crippen LogP contribution in [0.5, 0.6) is 0 Å². The van der Waals surface area contributed by atoms with Crippen LogP contribution in [0.4, 0.5) is 0 Å². The summed E-state index contributed by atoms with van der Waals surface area (Å²) in [7, 11) is 1.84. The van der Waals surface area contributed by atoms with Crippen molar-refractivity contribution in [2.75, 3.05) is 6.61 Å². The fourth-order valence-corrected chi connectivity index (χ4v) is 0.454. The van der Waals surface area contributed by atoms with E-state index < -0.39 is 0 Å². The van der Waals surface area contributed by atoms with Crippen molar-refractivity contribution in [3.05, 3.63) is 0 Å². The van der Waals surface area contributed by atoms with E-state index >= 15 is 0 Å². The fourth-order valence-electron chi connectivity index (χ4n) is 0.454. The van der Waals surface area contributed by atoms with Gasteiger partial charge < -0.3 is 4.74 Å². The second kappa shape index (κ2) is 3.79. The van der Waals surface area contributed by atoms with Crippen molar-refractivity contribution in [2.24, 2.45) is 5.41 Å². The summed E-state index contributed by atoms with van der Waals surface area (Å²) in [5.74, 6) is -0.128. The number of ether oxygens (including phenoxy) is 1. The molecule has 11 heavy (non-hydrogen) atoms. The highest BCUT2D eigenvalue weighted by molar-refractivity contribution is 6.22. The number of hydrogen-bond acceptors (Lipinski definition) is 2. The lowest BCUT2D eigenvalue weighted by molar-refractivity contribution is -0.145. The molecule has 0 aliphatic rings. The van der Waals surface area contributed by atoms with Gasteiger partial charge in [0, 0.05) is 5.82 Å². The molecular formula is C8H17BO2. The van der Waals surface area contributed by atoms with E-state index in [0.29, 0.717) is 6.61 Å². The van der Waals surface area contributed by atoms with E-state index in [1.54, 1.807) is 0 Å². The first-order valence-corrected chi connectivity index (χ1v) is 3.99. The van der Waals surface area contributed by atoms with Gasteiger partial charge in [-0.2, -0.15) is 0 Å². The summed E-state index contributed by atoms with van der Waals surface area (Å²) in [4.78, 5) is 11.0. The molecule has 0 aromatic rings. The lowest BCUT2D eigenvalue weighted by Gasteiger charge is -2.18. The average Bonchev–Trinajstić information content (AvgIpc) is 1.80. The second-order valence-electron chi connectivity index (χ2n) is 4.32. The van der Waals surface area contributed by atoms with Crippen LogP contribution < -0.4 is 0 Å². The Kier molecular flexibility index (Phi) is 3.63. The molecule has 0 aromatic carbocycles. The molecule has 0 aliphatic heterocycles. The van der Waals surface area contributed by atoms with Crippen LogP contribution in [0.1, 0.15) is 27.7 Å². The normalized spacial score (nSPS) is 14.2. The van der Waals surface area contributed by atoms with Gasteiger partial charge in [-0.1, -0.05) is 27.7 Å². The molecule has 0 fully saturated rings. The predicted octanol–water partition coefficient (Wildman–Crippen LogP) is 1.02. The standard InChI is InChI=1S/C8H17BO2/c1-6(9)7(10)11-5-8(2,3)4/h6H,5,9H2,1-4H3/t6-/m0/s1. The first-order valence-electron chi connectivity index (χ1n) is 3.99. The van der Waals surface area contributed by atoms with Gasteiger partial charge in [0.1, 0.15) is 7.85 Å². The summed E-state index contributed by atoms with van der Waals surface area (Å²) < 4.78 is 5.03. The number of carbonyl (C=O) groups excluding carboxylic acids is 1. The Labute approximate surface area is 69.7 Å². The molecule has 0 amide bonds. The van der Waals surface area contributed by atoms with Crippen LogP contribution in [0.25, 0.3) is 0 Å². The summed E-state index contributed by atoms with van der Waals surface area (Å²) in [5, 5.41) is 0. The topological polar surface area (TPSA) is 26.3 Å². The van der Waals surface area contributed by atoms with Crippen molar-refractivity contribution >= 4 is 13.8 Å². The number of rotatable bonds is 2. The monoisotopic (exact) mass is 156 g/mol. The van der Waals surface area contributed by atoms with Crippen molar-refractivity contribution in [3.8, 4) is 0 Å². The molecule has 0 aromatic heterocycles. The lowest BCUT2D eigenvalue weighted by Crippen LogP contribution is -2.20. The third-order valence-electron chi connectivity index (χ3n) is 1.12. The van der Waals surface area contributed by atoms with Gasteiger partial charge in [0.05, 0.1) is 6.61 Å². The Balaban J connectivity index is 3.64. The highest BCUT2D eigenvalue weighted by atomic mass is 16.5. The maximum Gasteiger partial charge on any atom is 0.300 e. The molecule has 2 nitrogen and oxygen atoms in total. The molecule has 0 saturated carbocycles. The molecule has 0 N–H and O–H groups in total. The SMILES string of the molecule is B[C@@H](C)C(=O)OCC(C)(C)C. The smallest absolute Gasteiger partial charge is 0.300 e. The zero-order valence-electron chi connectivity index (χ0n) is 8.10. The summed E-state index contributed by atoms with van der Waals surface area (Å²) >= 11 is 0. The van der Waals surface area contributed by atoms with Gasteiger partial charge in [-0.25, -0.2) is 0 Å². The highest BCUT2D eigenvalue weighted by Gasteiger charge is 2.15. The quantitative estimate of drug-likeness (QED) is 0.440. The minimum atomic E-state index is -0.111. The van der Waals surface area contributed by atoms with E-state index in [0.717, 1.165) is 0 Å². The summed E-state index contributed by atoms with van der Waals surface area (Å²) in [6.45, 7) is 8.47. The van der Waals surface area contributed by atoms with Crippen molar-refractivity contribution in [1.82, 2.24) is 0 Å². The molecule has 0 rings (SSSR count). The molecular weight excluding hydrogens is 139 g/mol. The Morgan fingerprint density at radius 1 is 1.55 bits per heavy atom.